The number of amidine groups is 2. The average molecular weight is 528 g/mol. The van der Waals surface area contributed by atoms with Crippen LogP contribution in [0.4, 0.5) is 27.3 Å². The van der Waals surface area contributed by atoms with E-state index in [0.29, 0.717) is 28.9 Å². The molecular weight excluding hydrogens is 501 g/mol. The average Bonchev–Trinajstić information content (AvgIpc) is 3.31. The van der Waals surface area contributed by atoms with Crippen molar-refractivity contribution in [3.8, 4) is 5.82 Å². The molecule has 0 radical (unpaired) electrons. The van der Waals surface area contributed by atoms with Crippen LogP contribution in [0.5, 0.6) is 0 Å². The second kappa shape index (κ2) is 9.27. The van der Waals surface area contributed by atoms with Gasteiger partial charge in [0.15, 0.2) is 23.3 Å². The van der Waals surface area contributed by atoms with Crippen molar-refractivity contribution in [1.29, 1.82) is 0 Å². The molecule has 2 aliphatic rings. The number of nitrogens with one attached hydrogen (secondary N) is 1. The van der Waals surface area contributed by atoms with E-state index in [1.165, 1.54) is 17.2 Å². The van der Waals surface area contributed by atoms with Gasteiger partial charge in [0.05, 0.1) is 23.1 Å². The Bertz CT molecular complexity index is 1840. The van der Waals surface area contributed by atoms with Crippen molar-refractivity contribution < 1.29 is 4.39 Å². The van der Waals surface area contributed by atoms with Gasteiger partial charge in [-0.05, 0) is 74.4 Å². The van der Waals surface area contributed by atoms with E-state index in [-0.39, 0.29) is 5.82 Å². The molecule has 0 saturated carbocycles. The van der Waals surface area contributed by atoms with Crippen molar-refractivity contribution in [3.63, 3.8) is 0 Å². The van der Waals surface area contributed by atoms with Crippen molar-refractivity contribution in [1.82, 2.24) is 14.8 Å². The zero-order valence-electron chi connectivity index (χ0n) is 22.3. The van der Waals surface area contributed by atoms with E-state index < -0.39 is 6.04 Å². The zero-order valence-corrected chi connectivity index (χ0v) is 22.3. The van der Waals surface area contributed by atoms with Crippen molar-refractivity contribution in [3.05, 3.63) is 125 Å². The van der Waals surface area contributed by atoms with Gasteiger partial charge >= 0.3 is 0 Å². The van der Waals surface area contributed by atoms with Gasteiger partial charge in [0, 0.05) is 23.0 Å². The molecule has 0 fully saturated rings. The van der Waals surface area contributed by atoms with Gasteiger partial charge in [0.25, 0.3) is 0 Å². The van der Waals surface area contributed by atoms with Gasteiger partial charge in [-0.2, -0.15) is 9.78 Å². The van der Waals surface area contributed by atoms with Gasteiger partial charge in [-0.25, -0.2) is 19.4 Å². The summed E-state index contributed by atoms with van der Waals surface area (Å²) in [6.07, 6.45) is 1.72. The predicted molar refractivity (Wildman–Crippen MR) is 157 cm³/mol. The van der Waals surface area contributed by atoms with Gasteiger partial charge in [0.2, 0.25) is 0 Å². The number of pyridine rings is 1. The Hall–Kier alpha value is -5.11. The molecule has 2 aliphatic heterocycles. The molecule has 0 aliphatic carbocycles. The lowest BCUT2D eigenvalue weighted by Crippen LogP contribution is -2.46. The van der Waals surface area contributed by atoms with Crippen molar-refractivity contribution >= 4 is 34.6 Å². The lowest BCUT2D eigenvalue weighted by molar-refractivity contribution is 0.597. The highest BCUT2D eigenvalue weighted by Crippen LogP contribution is 2.48. The quantitative estimate of drug-likeness (QED) is 0.271. The Balaban J connectivity index is 1.50. The number of anilines is 2. The minimum Gasteiger partial charge on any atom is -0.337 e. The highest BCUT2D eigenvalue weighted by molar-refractivity contribution is 6.51. The maximum atomic E-state index is 15.6. The summed E-state index contributed by atoms with van der Waals surface area (Å²) < 4.78 is 17.4. The molecular formula is C32H26FN7. The maximum Gasteiger partial charge on any atom is 0.179 e. The minimum absolute atomic E-state index is 0.298. The van der Waals surface area contributed by atoms with Crippen molar-refractivity contribution in [2.75, 3.05) is 10.2 Å². The molecule has 5 aromatic rings. The minimum atomic E-state index is -0.533. The first-order valence-electron chi connectivity index (χ1n) is 13.2. The van der Waals surface area contributed by atoms with Crippen molar-refractivity contribution in [2.45, 2.75) is 26.8 Å². The van der Waals surface area contributed by atoms with Crippen molar-refractivity contribution in [2.24, 2.45) is 9.98 Å². The molecule has 40 heavy (non-hydrogen) atoms. The highest BCUT2D eigenvalue weighted by atomic mass is 19.1. The molecule has 2 aromatic heterocycles. The number of hydrogen-bond acceptors (Lipinski definition) is 6. The second-order valence-electron chi connectivity index (χ2n) is 10.0. The Morgan fingerprint density at radius 1 is 0.825 bits per heavy atom. The summed E-state index contributed by atoms with van der Waals surface area (Å²) in [4.78, 5) is 16.8. The van der Waals surface area contributed by atoms with Crippen LogP contribution in [0.25, 0.3) is 5.82 Å². The van der Waals surface area contributed by atoms with Crippen LogP contribution >= 0.6 is 0 Å². The number of rotatable bonds is 3. The smallest absolute Gasteiger partial charge is 0.179 e. The predicted octanol–water partition coefficient (Wildman–Crippen LogP) is 7.13. The molecule has 1 N–H and O–H groups in total. The third-order valence-corrected chi connectivity index (χ3v) is 7.47. The molecule has 0 saturated heterocycles. The lowest BCUT2D eigenvalue weighted by Gasteiger charge is -2.40. The Kier molecular flexibility index (Phi) is 5.55. The number of hydrogen-bond donors (Lipinski definition) is 1. The van der Waals surface area contributed by atoms with E-state index >= 15 is 4.39 Å². The van der Waals surface area contributed by atoms with Crippen LogP contribution in [0, 0.1) is 26.6 Å². The third-order valence-electron chi connectivity index (χ3n) is 7.47. The first-order valence-corrected chi connectivity index (χ1v) is 13.2. The zero-order chi connectivity index (χ0) is 27.4. The summed E-state index contributed by atoms with van der Waals surface area (Å²) >= 11 is 0. The SMILES string of the molecule is Cc1ccc(NC2=Nc3ccccc3N3C2=Nc2c(c(C)nn2-c2ccccn2)[C@@H]3c2ccccc2F)cc1C. The highest BCUT2D eigenvalue weighted by Gasteiger charge is 2.42. The van der Waals surface area contributed by atoms with Crippen LogP contribution in [0.15, 0.2) is 101 Å². The van der Waals surface area contributed by atoms with Crippen LogP contribution in [0.3, 0.4) is 0 Å². The molecule has 4 heterocycles. The number of aromatic nitrogens is 3. The lowest BCUT2D eigenvalue weighted by atomic mass is 9.93. The fourth-order valence-corrected chi connectivity index (χ4v) is 5.38. The number of fused-ring (bicyclic) bond motifs is 4. The molecule has 1 atom stereocenters. The second-order valence-corrected chi connectivity index (χ2v) is 10.0. The molecule has 7 rings (SSSR count). The normalized spacial score (nSPS) is 15.5. The summed E-state index contributed by atoms with van der Waals surface area (Å²) in [6, 6.07) is 26.1. The molecule has 196 valence electrons. The molecule has 7 nitrogen and oxygen atoms in total. The number of para-hydroxylation sites is 2. The number of aliphatic imine (C=N–C) groups is 2. The number of aryl methyl sites for hydroxylation is 3. The van der Waals surface area contributed by atoms with Crippen LogP contribution in [0.2, 0.25) is 0 Å². The van der Waals surface area contributed by atoms with E-state index in [1.54, 1.807) is 16.9 Å². The van der Waals surface area contributed by atoms with Crippen LogP contribution in [-0.4, -0.2) is 26.4 Å². The Labute approximate surface area is 231 Å². The molecule has 3 aromatic carbocycles. The summed E-state index contributed by atoms with van der Waals surface area (Å²) in [7, 11) is 0. The van der Waals surface area contributed by atoms with Crippen LogP contribution in [-0.2, 0) is 0 Å². The first kappa shape index (κ1) is 24.0. The Morgan fingerprint density at radius 2 is 1.62 bits per heavy atom. The van der Waals surface area contributed by atoms with Gasteiger partial charge < -0.3 is 10.2 Å². The molecule has 8 heteroatoms. The molecule has 0 spiro atoms. The fraction of sp³-hybridized carbons (Fsp3) is 0.125. The molecule has 0 amide bonds. The van der Waals surface area contributed by atoms with Gasteiger partial charge in [-0.3, -0.25) is 0 Å². The number of halogens is 1. The fourth-order valence-electron chi connectivity index (χ4n) is 5.38. The van der Waals surface area contributed by atoms with E-state index in [2.05, 4.69) is 41.2 Å². The van der Waals surface area contributed by atoms with E-state index in [4.69, 9.17) is 15.1 Å². The summed E-state index contributed by atoms with van der Waals surface area (Å²) in [5.74, 6) is 2.09. The number of benzene rings is 3. The van der Waals surface area contributed by atoms with Gasteiger partial charge in [-0.1, -0.05) is 42.5 Å². The van der Waals surface area contributed by atoms with Crippen LogP contribution < -0.4 is 10.2 Å². The first-order chi connectivity index (χ1) is 19.5. The molecule has 0 unspecified atom stereocenters. The number of nitrogens with zero attached hydrogens (tertiary/aromatic N) is 6. The van der Waals surface area contributed by atoms with E-state index in [0.717, 1.165) is 28.3 Å². The monoisotopic (exact) mass is 527 g/mol. The summed E-state index contributed by atoms with van der Waals surface area (Å²) in [5.41, 5.74) is 6.98. The Morgan fingerprint density at radius 3 is 2.42 bits per heavy atom. The van der Waals surface area contributed by atoms with Gasteiger partial charge in [0.1, 0.15) is 5.82 Å². The van der Waals surface area contributed by atoms with E-state index in [9.17, 15) is 0 Å². The third kappa shape index (κ3) is 3.79. The molecule has 0 bridgehead atoms. The van der Waals surface area contributed by atoms with E-state index in [1.807, 2.05) is 67.6 Å². The summed E-state index contributed by atoms with van der Waals surface area (Å²) in [6.45, 7) is 6.10. The summed E-state index contributed by atoms with van der Waals surface area (Å²) in [5, 5.41) is 8.36. The standard InChI is InChI=1S/C32H26FN7/c1-19-15-16-22(18-20(19)2)35-30-32-37-31-28(21(3)38-40(31)27-14-8-9-17-34-27)29(23-10-4-5-11-24(23)33)39(32)26-13-7-6-12-25(26)36-30/h4-18,29H,1-3H3,(H,35,36)/t29-/m0/s1. The van der Waals surface area contributed by atoms with Gasteiger partial charge in [-0.15, -0.1) is 0 Å². The topological polar surface area (TPSA) is 70.7 Å². The maximum absolute atomic E-state index is 15.6. The van der Waals surface area contributed by atoms with Crippen LogP contribution in [0.1, 0.15) is 34.0 Å². The largest absolute Gasteiger partial charge is 0.337 e.